The van der Waals surface area contributed by atoms with E-state index < -0.39 is 0 Å². The van der Waals surface area contributed by atoms with Gasteiger partial charge in [0.15, 0.2) is 0 Å². The van der Waals surface area contributed by atoms with Crippen LogP contribution in [0.4, 0.5) is 0 Å². The summed E-state index contributed by atoms with van der Waals surface area (Å²) in [5, 5.41) is 4.09. The Morgan fingerprint density at radius 2 is 2.08 bits per heavy atom. The zero-order chi connectivity index (χ0) is 17.1. The predicted octanol–water partition coefficient (Wildman–Crippen LogP) is 3.56. The number of benzene rings is 1. The molecule has 1 saturated heterocycles. The van der Waals surface area contributed by atoms with Crippen LogP contribution in [0.1, 0.15) is 36.3 Å². The molecule has 6 heteroatoms. The molecule has 0 N–H and O–H groups in total. The summed E-state index contributed by atoms with van der Waals surface area (Å²) in [5.41, 5.74) is 2.65. The van der Waals surface area contributed by atoms with Crippen LogP contribution < -0.4 is 0 Å². The van der Waals surface area contributed by atoms with Gasteiger partial charge in [0.2, 0.25) is 11.1 Å². The van der Waals surface area contributed by atoms with E-state index >= 15 is 0 Å². The fraction of sp³-hybridized carbons (Fsp3) is 0.444. The van der Waals surface area contributed by atoms with Gasteiger partial charge in [0, 0.05) is 18.5 Å². The fourth-order valence-corrected chi connectivity index (χ4v) is 3.30. The van der Waals surface area contributed by atoms with Crippen LogP contribution >= 0.6 is 11.6 Å². The Hall–Kier alpha value is -1.85. The molecule has 0 unspecified atom stereocenters. The van der Waals surface area contributed by atoms with E-state index in [2.05, 4.69) is 5.16 Å². The van der Waals surface area contributed by atoms with Gasteiger partial charge in [-0.2, -0.15) is 0 Å². The van der Waals surface area contributed by atoms with Crippen molar-refractivity contribution in [3.8, 4) is 0 Å². The van der Waals surface area contributed by atoms with Crippen molar-refractivity contribution in [2.75, 3.05) is 13.1 Å². The van der Waals surface area contributed by atoms with Gasteiger partial charge < -0.3 is 14.2 Å². The highest BCUT2D eigenvalue weighted by Gasteiger charge is 2.29. The summed E-state index contributed by atoms with van der Waals surface area (Å²) in [4.78, 5) is 14.5. The number of morpholine rings is 1. The lowest BCUT2D eigenvalue weighted by atomic mass is 10.1. The van der Waals surface area contributed by atoms with E-state index in [1.54, 1.807) is 0 Å². The highest BCUT2D eigenvalue weighted by atomic mass is 35.5. The van der Waals surface area contributed by atoms with Crippen molar-refractivity contribution < 1.29 is 14.1 Å². The van der Waals surface area contributed by atoms with Crippen LogP contribution in [0.25, 0.3) is 0 Å². The fourth-order valence-electron chi connectivity index (χ4n) is 3.04. The van der Waals surface area contributed by atoms with E-state index in [0.717, 1.165) is 16.8 Å². The number of halogens is 1. The van der Waals surface area contributed by atoms with Gasteiger partial charge in [0.05, 0.1) is 18.3 Å². The maximum atomic E-state index is 12.6. The van der Waals surface area contributed by atoms with Crippen LogP contribution in [0, 0.1) is 6.92 Å². The number of amides is 1. The molecule has 2 atom stereocenters. The Morgan fingerprint density at radius 3 is 2.75 bits per heavy atom. The van der Waals surface area contributed by atoms with Gasteiger partial charge >= 0.3 is 0 Å². The zero-order valence-electron chi connectivity index (χ0n) is 13.9. The van der Waals surface area contributed by atoms with Crippen molar-refractivity contribution in [3.63, 3.8) is 0 Å². The van der Waals surface area contributed by atoms with Crippen LogP contribution in [0.3, 0.4) is 0 Å². The van der Waals surface area contributed by atoms with E-state index in [1.165, 1.54) is 0 Å². The molecule has 128 valence electrons. The normalized spacial score (nSPS) is 21.0. The van der Waals surface area contributed by atoms with E-state index in [0.29, 0.717) is 25.9 Å². The maximum Gasteiger partial charge on any atom is 0.229 e. The summed E-state index contributed by atoms with van der Waals surface area (Å²) in [5.74, 6) is 0.0998. The molecule has 0 aliphatic carbocycles. The lowest BCUT2D eigenvalue weighted by Gasteiger charge is -2.37. The molecule has 5 nitrogen and oxygen atoms in total. The molecule has 1 amide bonds. The summed E-state index contributed by atoms with van der Waals surface area (Å²) in [6.45, 7) is 5.01. The number of hydrogen-bond acceptors (Lipinski definition) is 4. The van der Waals surface area contributed by atoms with Crippen molar-refractivity contribution in [2.24, 2.45) is 0 Å². The second-order valence-corrected chi connectivity index (χ2v) is 6.51. The number of carbonyl (C=O) groups is 1. The molecule has 0 radical (unpaired) electrons. The Bertz CT molecular complexity index is 682. The predicted molar refractivity (Wildman–Crippen MR) is 90.9 cm³/mol. The number of ether oxygens (including phenoxy) is 1. The van der Waals surface area contributed by atoms with Gasteiger partial charge in [-0.3, -0.25) is 4.79 Å². The summed E-state index contributed by atoms with van der Waals surface area (Å²) in [6, 6.07) is 10.0. The van der Waals surface area contributed by atoms with E-state index in [1.807, 2.05) is 49.1 Å². The highest BCUT2D eigenvalue weighted by molar-refractivity contribution is 6.29. The van der Waals surface area contributed by atoms with Crippen molar-refractivity contribution in [3.05, 3.63) is 52.4 Å². The summed E-state index contributed by atoms with van der Waals surface area (Å²) in [7, 11) is 0. The van der Waals surface area contributed by atoms with Crippen LogP contribution in [-0.2, 0) is 16.0 Å². The standard InChI is InChI=1S/C18H21ClN2O3/c1-12-10-21(11-16(23-12)14-6-4-3-5-7-14)17(22)9-8-15-13(2)20-24-18(15)19/h3-7,12,16H,8-11H2,1-2H3/t12-,16+/m1/s1. The number of aromatic nitrogens is 1. The Kier molecular flexibility index (Phi) is 5.21. The minimum Gasteiger partial charge on any atom is -0.367 e. The second-order valence-electron chi connectivity index (χ2n) is 6.16. The Morgan fingerprint density at radius 1 is 1.33 bits per heavy atom. The third-order valence-corrected chi connectivity index (χ3v) is 4.61. The molecule has 0 saturated carbocycles. The largest absolute Gasteiger partial charge is 0.367 e. The summed E-state index contributed by atoms with van der Waals surface area (Å²) >= 11 is 5.97. The molecule has 3 rings (SSSR count). The van der Waals surface area contributed by atoms with Crippen molar-refractivity contribution in [1.82, 2.24) is 10.1 Å². The van der Waals surface area contributed by atoms with Crippen molar-refractivity contribution in [1.29, 1.82) is 0 Å². The molecular formula is C18H21ClN2O3. The minimum absolute atomic E-state index is 0.00817. The number of carbonyl (C=O) groups excluding carboxylic acids is 1. The Labute approximate surface area is 146 Å². The monoisotopic (exact) mass is 348 g/mol. The number of nitrogens with zero attached hydrogens (tertiary/aromatic N) is 2. The average molecular weight is 349 g/mol. The van der Waals surface area contributed by atoms with Crippen LogP contribution in [-0.4, -0.2) is 35.2 Å². The van der Waals surface area contributed by atoms with Gasteiger partial charge in [-0.25, -0.2) is 0 Å². The van der Waals surface area contributed by atoms with Crippen LogP contribution in [0.2, 0.25) is 5.22 Å². The van der Waals surface area contributed by atoms with Crippen molar-refractivity contribution >= 4 is 17.5 Å². The van der Waals surface area contributed by atoms with Crippen molar-refractivity contribution in [2.45, 2.75) is 38.9 Å². The van der Waals surface area contributed by atoms with Gasteiger partial charge in [-0.05, 0) is 37.4 Å². The molecule has 1 fully saturated rings. The number of aryl methyl sites for hydroxylation is 1. The molecule has 24 heavy (non-hydrogen) atoms. The third-order valence-electron chi connectivity index (χ3n) is 4.31. The van der Waals surface area contributed by atoms with E-state index in [4.69, 9.17) is 20.9 Å². The Balaban J connectivity index is 1.64. The first-order valence-electron chi connectivity index (χ1n) is 8.13. The summed E-state index contributed by atoms with van der Waals surface area (Å²) < 4.78 is 10.9. The lowest BCUT2D eigenvalue weighted by Crippen LogP contribution is -2.46. The molecule has 1 aromatic heterocycles. The van der Waals surface area contributed by atoms with E-state index in [-0.39, 0.29) is 23.3 Å². The molecule has 2 aromatic rings. The van der Waals surface area contributed by atoms with E-state index in [9.17, 15) is 4.79 Å². The second kappa shape index (κ2) is 7.36. The lowest BCUT2D eigenvalue weighted by molar-refractivity contribution is -0.144. The quantitative estimate of drug-likeness (QED) is 0.847. The minimum atomic E-state index is -0.0835. The number of rotatable bonds is 4. The zero-order valence-corrected chi connectivity index (χ0v) is 14.6. The molecule has 1 aromatic carbocycles. The van der Waals surface area contributed by atoms with Gasteiger partial charge in [-0.15, -0.1) is 0 Å². The topological polar surface area (TPSA) is 55.6 Å². The average Bonchev–Trinajstić information content (AvgIpc) is 2.91. The van der Waals surface area contributed by atoms with Gasteiger partial charge in [0.25, 0.3) is 0 Å². The van der Waals surface area contributed by atoms with Crippen LogP contribution in [0.15, 0.2) is 34.9 Å². The SMILES string of the molecule is Cc1noc(Cl)c1CCC(=O)N1C[C@@H](C)O[C@H](c2ccccc2)C1. The van der Waals surface area contributed by atoms with Gasteiger partial charge in [0.1, 0.15) is 6.10 Å². The summed E-state index contributed by atoms with van der Waals surface area (Å²) in [6.07, 6.45) is 0.846. The first-order chi connectivity index (χ1) is 11.5. The third kappa shape index (κ3) is 3.79. The smallest absolute Gasteiger partial charge is 0.229 e. The molecular weight excluding hydrogens is 328 g/mol. The van der Waals surface area contributed by atoms with Crippen LogP contribution in [0.5, 0.6) is 0 Å². The maximum absolute atomic E-state index is 12.6. The molecule has 1 aliphatic heterocycles. The number of hydrogen-bond donors (Lipinski definition) is 0. The molecule has 2 heterocycles. The van der Waals surface area contributed by atoms with Gasteiger partial charge in [-0.1, -0.05) is 35.5 Å². The molecule has 1 aliphatic rings. The first kappa shape index (κ1) is 17.0. The molecule has 0 bridgehead atoms. The molecule has 0 spiro atoms. The highest BCUT2D eigenvalue weighted by Crippen LogP contribution is 2.26. The first-order valence-corrected chi connectivity index (χ1v) is 8.51.